The van der Waals surface area contributed by atoms with E-state index in [2.05, 4.69) is 30.0 Å². The van der Waals surface area contributed by atoms with Crippen LogP contribution >= 0.6 is 0 Å². The first-order valence-corrected chi connectivity index (χ1v) is 6.84. The lowest BCUT2D eigenvalue weighted by molar-refractivity contribution is 0.122. The third-order valence-electron chi connectivity index (χ3n) is 3.00. The zero-order valence-corrected chi connectivity index (χ0v) is 12.0. The van der Waals surface area contributed by atoms with Crippen molar-refractivity contribution < 1.29 is 9.47 Å². The van der Waals surface area contributed by atoms with Gasteiger partial charge in [-0.25, -0.2) is 0 Å². The maximum atomic E-state index is 5.46. The fourth-order valence-corrected chi connectivity index (χ4v) is 2.01. The third kappa shape index (κ3) is 3.64. The van der Waals surface area contributed by atoms with Crippen molar-refractivity contribution in [2.24, 2.45) is 0 Å². The molecule has 0 aliphatic carbocycles. The standard InChI is InChI=1S/C13H19NO2.C2H6/c1-3-11-4-5-12(13(10-11)15-2)14-6-8-16-9-7-14;1-2/h4-5,10H,3,6-9H2,1-2H3;1-2H3. The number of benzene rings is 1. The van der Waals surface area contributed by atoms with Crippen LogP contribution in [0.2, 0.25) is 0 Å². The molecule has 102 valence electrons. The summed E-state index contributed by atoms with van der Waals surface area (Å²) in [6, 6.07) is 6.46. The van der Waals surface area contributed by atoms with Crippen molar-refractivity contribution in [3.8, 4) is 5.75 Å². The Labute approximate surface area is 111 Å². The number of nitrogens with zero attached hydrogens (tertiary/aromatic N) is 1. The molecule has 0 radical (unpaired) electrons. The number of morpholine rings is 1. The highest BCUT2D eigenvalue weighted by Crippen LogP contribution is 2.29. The highest BCUT2D eigenvalue weighted by molar-refractivity contribution is 5.60. The molecule has 3 nitrogen and oxygen atoms in total. The number of rotatable bonds is 3. The largest absolute Gasteiger partial charge is 0.495 e. The Kier molecular flexibility index (Phi) is 6.58. The first-order chi connectivity index (χ1) is 8.85. The van der Waals surface area contributed by atoms with Gasteiger partial charge in [0.1, 0.15) is 5.75 Å². The van der Waals surface area contributed by atoms with Gasteiger partial charge in [-0.15, -0.1) is 0 Å². The Morgan fingerprint density at radius 2 is 1.89 bits per heavy atom. The fourth-order valence-electron chi connectivity index (χ4n) is 2.01. The summed E-state index contributed by atoms with van der Waals surface area (Å²) in [6.45, 7) is 9.66. The van der Waals surface area contributed by atoms with Crippen molar-refractivity contribution in [3.05, 3.63) is 23.8 Å². The average molecular weight is 251 g/mol. The number of aryl methyl sites for hydroxylation is 1. The summed E-state index contributed by atoms with van der Waals surface area (Å²) in [7, 11) is 1.73. The Bertz CT molecular complexity index is 346. The monoisotopic (exact) mass is 251 g/mol. The highest BCUT2D eigenvalue weighted by Gasteiger charge is 2.15. The van der Waals surface area contributed by atoms with Crippen molar-refractivity contribution in [3.63, 3.8) is 0 Å². The van der Waals surface area contributed by atoms with Crippen molar-refractivity contribution >= 4 is 5.69 Å². The molecular formula is C15H25NO2. The maximum absolute atomic E-state index is 5.46. The molecule has 1 aromatic rings. The van der Waals surface area contributed by atoms with E-state index in [4.69, 9.17) is 9.47 Å². The van der Waals surface area contributed by atoms with Crippen LogP contribution in [0.5, 0.6) is 5.75 Å². The van der Waals surface area contributed by atoms with Crippen LogP contribution < -0.4 is 9.64 Å². The molecule has 3 heteroatoms. The van der Waals surface area contributed by atoms with E-state index in [1.165, 1.54) is 11.3 Å². The first kappa shape index (κ1) is 14.8. The number of anilines is 1. The number of ether oxygens (including phenoxy) is 2. The summed E-state index contributed by atoms with van der Waals surface area (Å²) < 4.78 is 10.8. The van der Waals surface area contributed by atoms with Crippen LogP contribution in [0.4, 0.5) is 5.69 Å². The number of methoxy groups -OCH3 is 1. The molecule has 1 aromatic carbocycles. The van der Waals surface area contributed by atoms with Gasteiger partial charge in [-0.1, -0.05) is 26.8 Å². The molecule has 0 aromatic heterocycles. The number of hydrogen-bond acceptors (Lipinski definition) is 3. The van der Waals surface area contributed by atoms with Gasteiger partial charge in [-0.05, 0) is 24.1 Å². The molecule has 0 N–H and O–H groups in total. The Hall–Kier alpha value is -1.22. The van der Waals surface area contributed by atoms with Crippen molar-refractivity contribution in [1.29, 1.82) is 0 Å². The van der Waals surface area contributed by atoms with E-state index in [-0.39, 0.29) is 0 Å². The molecule has 1 saturated heterocycles. The van der Waals surface area contributed by atoms with Gasteiger partial charge >= 0.3 is 0 Å². The summed E-state index contributed by atoms with van der Waals surface area (Å²) in [5, 5.41) is 0. The van der Waals surface area contributed by atoms with Gasteiger partial charge in [0.05, 0.1) is 26.0 Å². The molecule has 0 saturated carbocycles. The second-order valence-corrected chi connectivity index (χ2v) is 3.96. The SMILES string of the molecule is CC.CCc1ccc(N2CCOCC2)c(OC)c1. The van der Waals surface area contributed by atoms with E-state index in [1.54, 1.807) is 7.11 Å². The molecule has 1 fully saturated rings. The van der Waals surface area contributed by atoms with Crippen molar-refractivity contribution in [2.45, 2.75) is 27.2 Å². The number of hydrogen-bond donors (Lipinski definition) is 0. The van der Waals surface area contributed by atoms with Gasteiger partial charge in [0, 0.05) is 13.1 Å². The minimum absolute atomic E-state index is 0.804. The molecule has 18 heavy (non-hydrogen) atoms. The lowest BCUT2D eigenvalue weighted by Crippen LogP contribution is -2.36. The lowest BCUT2D eigenvalue weighted by Gasteiger charge is -2.30. The predicted molar refractivity (Wildman–Crippen MR) is 76.8 cm³/mol. The fraction of sp³-hybridized carbons (Fsp3) is 0.600. The average Bonchev–Trinajstić information content (AvgIpc) is 2.49. The topological polar surface area (TPSA) is 21.7 Å². The maximum Gasteiger partial charge on any atom is 0.142 e. The normalized spacial score (nSPS) is 14.8. The van der Waals surface area contributed by atoms with Gasteiger partial charge in [-0.3, -0.25) is 0 Å². The van der Waals surface area contributed by atoms with Crippen molar-refractivity contribution in [2.75, 3.05) is 38.3 Å². The molecule has 0 atom stereocenters. The van der Waals surface area contributed by atoms with Crippen molar-refractivity contribution in [1.82, 2.24) is 0 Å². The van der Waals surface area contributed by atoms with E-state index in [0.29, 0.717) is 0 Å². The van der Waals surface area contributed by atoms with Crippen LogP contribution in [-0.2, 0) is 11.2 Å². The minimum atomic E-state index is 0.804. The van der Waals surface area contributed by atoms with Gasteiger partial charge in [0.15, 0.2) is 0 Å². The van der Waals surface area contributed by atoms with E-state index in [1.807, 2.05) is 13.8 Å². The third-order valence-corrected chi connectivity index (χ3v) is 3.00. The molecule has 0 amide bonds. The molecule has 1 aliphatic rings. The zero-order chi connectivity index (χ0) is 13.4. The van der Waals surface area contributed by atoms with Crippen LogP contribution in [0.3, 0.4) is 0 Å². The van der Waals surface area contributed by atoms with Gasteiger partial charge in [-0.2, -0.15) is 0 Å². The smallest absolute Gasteiger partial charge is 0.142 e. The highest BCUT2D eigenvalue weighted by atomic mass is 16.5. The van der Waals surface area contributed by atoms with Crippen LogP contribution in [0.1, 0.15) is 26.3 Å². The summed E-state index contributed by atoms with van der Waals surface area (Å²) >= 11 is 0. The minimum Gasteiger partial charge on any atom is -0.495 e. The molecule has 0 bridgehead atoms. The molecule has 1 aliphatic heterocycles. The van der Waals surface area contributed by atoms with E-state index in [0.717, 1.165) is 38.5 Å². The quantitative estimate of drug-likeness (QED) is 0.824. The van der Waals surface area contributed by atoms with Crippen LogP contribution in [0.15, 0.2) is 18.2 Å². The summed E-state index contributed by atoms with van der Waals surface area (Å²) in [6.07, 6.45) is 1.04. The van der Waals surface area contributed by atoms with E-state index >= 15 is 0 Å². The van der Waals surface area contributed by atoms with Gasteiger partial charge in [0.25, 0.3) is 0 Å². The molecule has 1 heterocycles. The molecule has 0 spiro atoms. The zero-order valence-electron chi connectivity index (χ0n) is 12.0. The van der Waals surface area contributed by atoms with E-state index < -0.39 is 0 Å². The predicted octanol–water partition coefficient (Wildman–Crippen LogP) is 3.12. The molecule has 2 rings (SSSR count). The van der Waals surface area contributed by atoms with Gasteiger partial charge < -0.3 is 14.4 Å². The molecule has 0 unspecified atom stereocenters. The Balaban J connectivity index is 0.000000771. The second kappa shape index (κ2) is 7.98. The Morgan fingerprint density at radius 1 is 1.22 bits per heavy atom. The second-order valence-electron chi connectivity index (χ2n) is 3.96. The van der Waals surface area contributed by atoms with Crippen LogP contribution in [0, 0.1) is 0 Å². The van der Waals surface area contributed by atoms with E-state index in [9.17, 15) is 0 Å². The lowest BCUT2D eigenvalue weighted by atomic mass is 10.1. The van der Waals surface area contributed by atoms with Crippen LogP contribution in [-0.4, -0.2) is 33.4 Å². The molecular weight excluding hydrogens is 226 g/mol. The summed E-state index contributed by atoms with van der Waals surface area (Å²) in [5.41, 5.74) is 2.50. The first-order valence-electron chi connectivity index (χ1n) is 6.84. The summed E-state index contributed by atoms with van der Waals surface area (Å²) in [4.78, 5) is 2.32. The Morgan fingerprint density at radius 3 is 2.44 bits per heavy atom. The summed E-state index contributed by atoms with van der Waals surface area (Å²) in [5.74, 6) is 0.973. The van der Waals surface area contributed by atoms with Gasteiger partial charge in [0.2, 0.25) is 0 Å². The van der Waals surface area contributed by atoms with Crippen LogP contribution in [0.25, 0.3) is 0 Å².